The first kappa shape index (κ1) is 16.9. The Morgan fingerprint density at radius 3 is 2.50 bits per heavy atom. The molecule has 0 spiro atoms. The number of hydrogen-bond acceptors (Lipinski definition) is 7. The molecule has 0 aliphatic carbocycles. The number of hydrogen-bond donors (Lipinski definition) is 2. The molecule has 8 heteroatoms. The largest absolute Gasteiger partial charge is 0.493 e. The van der Waals surface area contributed by atoms with Crippen molar-refractivity contribution in [3.8, 4) is 11.5 Å². The number of aliphatic hydroxyl groups excluding tert-OH is 1. The van der Waals surface area contributed by atoms with Crippen LogP contribution in [-0.2, 0) is 0 Å². The second-order valence-electron chi connectivity index (χ2n) is 6.35. The molecule has 2 N–H and O–H groups in total. The summed E-state index contributed by atoms with van der Waals surface area (Å²) < 4.78 is 10.8. The molecule has 0 bridgehead atoms. The fraction of sp³-hybridized carbons (Fsp3) is 0.444. The summed E-state index contributed by atoms with van der Waals surface area (Å²) in [5.41, 5.74) is 2.75. The average Bonchev–Trinajstić information content (AvgIpc) is 3.05. The van der Waals surface area contributed by atoms with Crippen LogP contribution >= 0.6 is 0 Å². The van der Waals surface area contributed by atoms with Crippen molar-refractivity contribution in [1.82, 2.24) is 19.9 Å². The highest BCUT2D eigenvalue weighted by atomic mass is 16.5. The number of benzene rings is 1. The third-order valence-corrected chi connectivity index (χ3v) is 4.95. The predicted molar refractivity (Wildman–Crippen MR) is 100 cm³/mol. The van der Waals surface area contributed by atoms with Crippen molar-refractivity contribution >= 4 is 27.8 Å². The molecule has 3 heterocycles. The summed E-state index contributed by atoms with van der Waals surface area (Å²) in [4.78, 5) is 17.0. The molecule has 0 amide bonds. The van der Waals surface area contributed by atoms with Gasteiger partial charge in [0.05, 0.1) is 26.3 Å². The molecule has 0 unspecified atom stereocenters. The lowest BCUT2D eigenvalue weighted by atomic mass is 10.2. The van der Waals surface area contributed by atoms with Gasteiger partial charge in [0.2, 0.25) is 0 Å². The highest BCUT2D eigenvalue weighted by molar-refractivity contribution is 6.09. The summed E-state index contributed by atoms with van der Waals surface area (Å²) >= 11 is 0. The number of rotatable bonds is 5. The van der Waals surface area contributed by atoms with E-state index in [-0.39, 0.29) is 6.61 Å². The van der Waals surface area contributed by atoms with Gasteiger partial charge in [0.25, 0.3) is 0 Å². The number of aliphatic hydroxyl groups is 1. The number of fused-ring (bicyclic) bond motifs is 3. The maximum Gasteiger partial charge on any atom is 0.162 e. The van der Waals surface area contributed by atoms with Crippen LogP contribution in [0.4, 0.5) is 5.82 Å². The minimum Gasteiger partial charge on any atom is -0.493 e. The smallest absolute Gasteiger partial charge is 0.162 e. The van der Waals surface area contributed by atoms with Crippen molar-refractivity contribution in [2.24, 2.45) is 0 Å². The van der Waals surface area contributed by atoms with Gasteiger partial charge in [0.15, 0.2) is 17.3 Å². The SMILES string of the molecule is COc1cc2[nH]c3c(N4CCN(CCO)CC4)ncnc3c2cc1OC. The number of β-amino-alcohol motifs (C(OH)–C–C–N with tert-alkyl or cyclic N) is 1. The summed E-state index contributed by atoms with van der Waals surface area (Å²) in [7, 11) is 3.26. The lowest BCUT2D eigenvalue weighted by molar-refractivity contribution is 0.188. The molecule has 0 atom stereocenters. The highest BCUT2D eigenvalue weighted by Crippen LogP contribution is 2.36. The van der Waals surface area contributed by atoms with Crippen LogP contribution in [0.15, 0.2) is 18.5 Å². The number of piperazine rings is 1. The molecule has 0 saturated carbocycles. The van der Waals surface area contributed by atoms with E-state index >= 15 is 0 Å². The summed E-state index contributed by atoms with van der Waals surface area (Å²) in [6.07, 6.45) is 1.61. The van der Waals surface area contributed by atoms with Gasteiger partial charge >= 0.3 is 0 Å². The second-order valence-corrected chi connectivity index (χ2v) is 6.35. The number of aromatic nitrogens is 3. The van der Waals surface area contributed by atoms with E-state index in [0.29, 0.717) is 11.5 Å². The molecule has 0 radical (unpaired) electrons. The number of nitrogens with zero attached hydrogens (tertiary/aromatic N) is 4. The van der Waals surface area contributed by atoms with Crippen LogP contribution in [0.1, 0.15) is 0 Å². The van der Waals surface area contributed by atoms with E-state index in [2.05, 4.69) is 24.8 Å². The molecule has 4 rings (SSSR count). The molecule has 3 aromatic rings. The van der Waals surface area contributed by atoms with Gasteiger partial charge < -0.3 is 24.5 Å². The van der Waals surface area contributed by atoms with Crippen LogP contribution in [0, 0.1) is 0 Å². The van der Waals surface area contributed by atoms with Gasteiger partial charge in [-0.3, -0.25) is 4.90 Å². The van der Waals surface area contributed by atoms with Gasteiger partial charge in [-0.05, 0) is 6.07 Å². The molecule has 1 saturated heterocycles. The van der Waals surface area contributed by atoms with Crippen LogP contribution in [0.25, 0.3) is 21.9 Å². The van der Waals surface area contributed by atoms with Crippen molar-refractivity contribution in [3.63, 3.8) is 0 Å². The van der Waals surface area contributed by atoms with Crippen LogP contribution in [-0.4, -0.2) is 78.5 Å². The maximum atomic E-state index is 9.11. The predicted octanol–water partition coefficient (Wildman–Crippen LogP) is 1.24. The fourth-order valence-electron chi connectivity index (χ4n) is 3.57. The fourth-order valence-corrected chi connectivity index (χ4v) is 3.57. The van der Waals surface area contributed by atoms with E-state index in [4.69, 9.17) is 14.6 Å². The third-order valence-electron chi connectivity index (χ3n) is 4.95. The third kappa shape index (κ3) is 2.81. The Balaban J connectivity index is 1.75. The second kappa shape index (κ2) is 6.97. The maximum absolute atomic E-state index is 9.11. The summed E-state index contributed by atoms with van der Waals surface area (Å²) in [6, 6.07) is 3.88. The zero-order chi connectivity index (χ0) is 18.1. The number of anilines is 1. The molecule has 8 nitrogen and oxygen atoms in total. The van der Waals surface area contributed by atoms with Gasteiger partial charge in [-0.15, -0.1) is 0 Å². The van der Waals surface area contributed by atoms with Crippen molar-refractivity contribution in [2.75, 3.05) is 58.5 Å². The van der Waals surface area contributed by atoms with Gasteiger partial charge in [0, 0.05) is 44.2 Å². The quantitative estimate of drug-likeness (QED) is 0.710. The Hall–Kier alpha value is -2.58. The molecule has 2 aromatic heterocycles. The van der Waals surface area contributed by atoms with E-state index in [1.54, 1.807) is 20.5 Å². The van der Waals surface area contributed by atoms with E-state index in [0.717, 1.165) is 60.5 Å². The van der Waals surface area contributed by atoms with E-state index in [9.17, 15) is 0 Å². The Morgan fingerprint density at radius 2 is 1.81 bits per heavy atom. The van der Waals surface area contributed by atoms with E-state index in [1.165, 1.54) is 0 Å². The molecule has 1 aliphatic heterocycles. The molecule has 138 valence electrons. The first-order valence-electron chi connectivity index (χ1n) is 8.71. The van der Waals surface area contributed by atoms with Gasteiger partial charge in [0.1, 0.15) is 17.4 Å². The number of aromatic amines is 1. The van der Waals surface area contributed by atoms with Gasteiger partial charge in [-0.25, -0.2) is 9.97 Å². The lowest BCUT2D eigenvalue weighted by Gasteiger charge is -2.35. The topological polar surface area (TPSA) is 86.7 Å². The number of ether oxygens (including phenoxy) is 2. The highest BCUT2D eigenvalue weighted by Gasteiger charge is 2.21. The molecule has 1 aromatic carbocycles. The minimum absolute atomic E-state index is 0.198. The zero-order valence-corrected chi connectivity index (χ0v) is 15.0. The Kier molecular flexibility index (Phi) is 4.52. The molecule has 1 fully saturated rings. The van der Waals surface area contributed by atoms with Crippen LogP contribution < -0.4 is 14.4 Å². The summed E-state index contributed by atoms with van der Waals surface area (Å²) in [5, 5.41) is 10.1. The van der Waals surface area contributed by atoms with Crippen LogP contribution in [0.3, 0.4) is 0 Å². The normalized spacial score (nSPS) is 15.7. The van der Waals surface area contributed by atoms with Crippen molar-refractivity contribution < 1.29 is 14.6 Å². The zero-order valence-electron chi connectivity index (χ0n) is 15.0. The molecule has 26 heavy (non-hydrogen) atoms. The van der Waals surface area contributed by atoms with Crippen LogP contribution in [0.2, 0.25) is 0 Å². The van der Waals surface area contributed by atoms with Crippen LogP contribution in [0.5, 0.6) is 11.5 Å². The molecule has 1 aliphatic rings. The van der Waals surface area contributed by atoms with Gasteiger partial charge in [-0.2, -0.15) is 0 Å². The van der Waals surface area contributed by atoms with E-state index < -0.39 is 0 Å². The summed E-state index contributed by atoms with van der Waals surface area (Å²) in [5.74, 6) is 2.27. The summed E-state index contributed by atoms with van der Waals surface area (Å²) in [6.45, 7) is 4.48. The van der Waals surface area contributed by atoms with E-state index in [1.807, 2.05) is 12.1 Å². The minimum atomic E-state index is 0.198. The average molecular weight is 357 g/mol. The molecular formula is C18H23N5O3. The Labute approximate surface area is 151 Å². The monoisotopic (exact) mass is 357 g/mol. The Morgan fingerprint density at radius 1 is 1.08 bits per heavy atom. The first-order valence-corrected chi connectivity index (χ1v) is 8.71. The number of nitrogens with one attached hydrogen (secondary N) is 1. The molecular weight excluding hydrogens is 334 g/mol. The van der Waals surface area contributed by atoms with Gasteiger partial charge in [-0.1, -0.05) is 0 Å². The van der Waals surface area contributed by atoms with Crippen molar-refractivity contribution in [1.29, 1.82) is 0 Å². The lowest BCUT2D eigenvalue weighted by Crippen LogP contribution is -2.47. The van der Waals surface area contributed by atoms with Crippen molar-refractivity contribution in [2.45, 2.75) is 0 Å². The number of methoxy groups -OCH3 is 2. The van der Waals surface area contributed by atoms with Crippen molar-refractivity contribution in [3.05, 3.63) is 18.5 Å². The first-order chi connectivity index (χ1) is 12.7. The number of H-pyrrole nitrogens is 1. The standard InChI is InChI=1S/C18H23N5O3/c1-25-14-9-12-13(10-15(14)26-2)21-17-16(12)19-11-20-18(17)23-5-3-22(4-6-23)7-8-24/h9-11,21,24H,3-8H2,1-2H3. The Bertz CT molecular complexity index is 918.